The lowest BCUT2D eigenvalue weighted by atomic mass is 10.1. The molecule has 0 fully saturated rings. The van der Waals surface area contributed by atoms with E-state index in [2.05, 4.69) is 5.32 Å². The molecular weight excluding hydrogens is 338 g/mol. The van der Waals surface area contributed by atoms with E-state index in [1.807, 2.05) is 32.0 Å². The summed E-state index contributed by atoms with van der Waals surface area (Å²) in [5, 5.41) is 2.83. The van der Waals surface area contributed by atoms with Crippen molar-refractivity contribution >= 4 is 23.0 Å². The van der Waals surface area contributed by atoms with Gasteiger partial charge in [-0.15, -0.1) is 11.3 Å². The highest BCUT2D eigenvalue weighted by atomic mass is 32.1. The van der Waals surface area contributed by atoms with Gasteiger partial charge < -0.3 is 14.8 Å². The van der Waals surface area contributed by atoms with Gasteiger partial charge >= 0.3 is 0 Å². The molecule has 1 amide bonds. The average molecular weight is 361 g/mol. The molecule has 0 saturated heterocycles. The molecule has 1 N–H and O–H groups in total. The topological polar surface area (TPSA) is 64.6 Å². The number of hydrogen-bond donors (Lipinski definition) is 1. The second-order valence-corrected chi connectivity index (χ2v) is 7.18. The molecule has 0 radical (unpaired) electrons. The Morgan fingerprint density at radius 1 is 1.04 bits per heavy atom. The van der Waals surface area contributed by atoms with Gasteiger partial charge in [0.15, 0.2) is 17.3 Å². The number of rotatable bonds is 8. The van der Waals surface area contributed by atoms with Crippen LogP contribution in [0.25, 0.3) is 0 Å². The van der Waals surface area contributed by atoms with E-state index in [0.717, 1.165) is 20.9 Å². The summed E-state index contributed by atoms with van der Waals surface area (Å²) in [7, 11) is 3.15. The summed E-state index contributed by atoms with van der Waals surface area (Å²) >= 11 is 1.60. The standard InChI is InChI=1S/C19H23NO4S/c1-12-9-15(13(2)25-12)16(21)6-8-19(22)20-11-14-5-7-17(23-3)18(10-14)24-4/h5,7,9-10H,6,8,11H2,1-4H3,(H,20,22). The molecule has 1 aromatic heterocycles. The maximum Gasteiger partial charge on any atom is 0.220 e. The van der Waals surface area contributed by atoms with E-state index in [1.165, 1.54) is 0 Å². The zero-order chi connectivity index (χ0) is 18.4. The fourth-order valence-electron chi connectivity index (χ4n) is 2.55. The number of nitrogens with one attached hydrogen (secondary N) is 1. The van der Waals surface area contributed by atoms with Crippen molar-refractivity contribution in [2.75, 3.05) is 14.2 Å². The molecule has 0 unspecified atom stereocenters. The van der Waals surface area contributed by atoms with Crippen LogP contribution in [0.5, 0.6) is 11.5 Å². The van der Waals surface area contributed by atoms with Crippen molar-refractivity contribution in [3.05, 3.63) is 45.1 Å². The van der Waals surface area contributed by atoms with Crippen LogP contribution in [-0.4, -0.2) is 25.9 Å². The van der Waals surface area contributed by atoms with Crippen LogP contribution < -0.4 is 14.8 Å². The molecule has 0 bridgehead atoms. The number of carbonyl (C=O) groups excluding carboxylic acids is 2. The molecule has 0 aliphatic rings. The fourth-order valence-corrected chi connectivity index (χ4v) is 3.49. The summed E-state index contributed by atoms with van der Waals surface area (Å²) in [4.78, 5) is 26.3. The van der Waals surface area contributed by atoms with Crippen LogP contribution in [0.15, 0.2) is 24.3 Å². The number of carbonyl (C=O) groups is 2. The van der Waals surface area contributed by atoms with Crippen LogP contribution in [-0.2, 0) is 11.3 Å². The molecule has 134 valence electrons. The number of aryl methyl sites for hydroxylation is 2. The van der Waals surface area contributed by atoms with Gasteiger partial charge in [0.25, 0.3) is 0 Å². The first-order chi connectivity index (χ1) is 11.9. The van der Waals surface area contributed by atoms with E-state index in [4.69, 9.17) is 9.47 Å². The monoisotopic (exact) mass is 361 g/mol. The number of methoxy groups -OCH3 is 2. The number of amides is 1. The lowest BCUT2D eigenvalue weighted by Crippen LogP contribution is -2.23. The Labute approximate surface area is 152 Å². The van der Waals surface area contributed by atoms with Gasteiger partial charge in [0.1, 0.15) is 0 Å². The lowest BCUT2D eigenvalue weighted by Gasteiger charge is -2.10. The van der Waals surface area contributed by atoms with Gasteiger partial charge in [-0.05, 0) is 37.6 Å². The summed E-state index contributed by atoms with van der Waals surface area (Å²) in [5.74, 6) is 1.13. The first-order valence-electron chi connectivity index (χ1n) is 8.02. The first kappa shape index (κ1) is 19.0. The molecule has 1 heterocycles. The van der Waals surface area contributed by atoms with Crippen molar-refractivity contribution in [2.45, 2.75) is 33.2 Å². The fraction of sp³-hybridized carbons (Fsp3) is 0.368. The van der Waals surface area contributed by atoms with Crippen molar-refractivity contribution in [1.29, 1.82) is 0 Å². The summed E-state index contributed by atoms with van der Waals surface area (Å²) in [6, 6.07) is 7.38. The molecule has 0 aliphatic heterocycles. The predicted octanol–water partition coefficient (Wildman–Crippen LogP) is 3.66. The minimum Gasteiger partial charge on any atom is -0.493 e. The number of thiophene rings is 1. The third-order valence-electron chi connectivity index (χ3n) is 3.86. The maximum absolute atomic E-state index is 12.2. The number of Topliss-reactive ketones (excluding diaryl/α,β-unsaturated/α-hetero) is 1. The van der Waals surface area contributed by atoms with Gasteiger partial charge in [0.2, 0.25) is 5.91 Å². The van der Waals surface area contributed by atoms with Gasteiger partial charge in [0.05, 0.1) is 14.2 Å². The van der Waals surface area contributed by atoms with Gasteiger partial charge in [-0.25, -0.2) is 0 Å². The zero-order valence-electron chi connectivity index (χ0n) is 15.0. The van der Waals surface area contributed by atoms with E-state index in [9.17, 15) is 9.59 Å². The molecule has 0 atom stereocenters. The van der Waals surface area contributed by atoms with E-state index in [1.54, 1.807) is 31.6 Å². The number of hydrogen-bond acceptors (Lipinski definition) is 5. The minimum absolute atomic E-state index is 0.0168. The van der Waals surface area contributed by atoms with Crippen molar-refractivity contribution in [2.24, 2.45) is 0 Å². The van der Waals surface area contributed by atoms with Gasteiger partial charge in [-0.3, -0.25) is 9.59 Å². The number of benzene rings is 1. The largest absolute Gasteiger partial charge is 0.493 e. The first-order valence-corrected chi connectivity index (χ1v) is 8.84. The van der Waals surface area contributed by atoms with Crippen molar-refractivity contribution in [3.63, 3.8) is 0 Å². The molecule has 0 aliphatic carbocycles. The quantitative estimate of drug-likeness (QED) is 0.729. The van der Waals surface area contributed by atoms with Gasteiger partial charge in [0, 0.05) is 34.7 Å². The zero-order valence-corrected chi connectivity index (χ0v) is 15.8. The van der Waals surface area contributed by atoms with Crippen LogP contribution in [0.1, 0.15) is 38.5 Å². The maximum atomic E-state index is 12.2. The molecular formula is C19H23NO4S. The third-order valence-corrected chi connectivity index (χ3v) is 4.82. The van der Waals surface area contributed by atoms with Crippen LogP contribution in [0.4, 0.5) is 0 Å². The molecule has 0 spiro atoms. The molecule has 25 heavy (non-hydrogen) atoms. The molecule has 5 nitrogen and oxygen atoms in total. The minimum atomic E-state index is -0.146. The second-order valence-electron chi connectivity index (χ2n) is 5.72. The van der Waals surface area contributed by atoms with Crippen molar-refractivity contribution < 1.29 is 19.1 Å². The smallest absolute Gasteiger partial charge is 0.220 e. The Morgan fingerprint density at radius 3 is 2.36 bits per heavy atom. The summed E-state index contributed by atoms with van der Waals surface area (Å²) in [6.45, 7) is 4.29. The van der Waals surface area contributed by atoms with Crippen LogP contribution >= 0.6 is 11.3 Å². The molecule has 0 saturated carbocycles. The Bertz CT molecular complexity index is 767. The third kappa shape index (κ3) is 5.06. The Kier molecular flexibility index (Phi) is 6.58. The van der Waals surface area contributed by atoms with E-state index >= 15 is 0 Å². The van der Waals surface area contributed by atoms with E-state index in [0.29, 0.717) is 18.0 Å². The molecule has 1 aromatic carbocycles. The highest BCUT2D eigenvalue weighted by Gasteiger charge is 2.14. The van der Waals surface area contributed by atoms with Crippen LogP contribution in [0, 0.1) is 13.8 Å². The predicted molar refractivity (Wildman–Crippen MR) is 98.8 cm³/mol. The van der Waals surface area contributed by atoms with Gasteiger partial charge in [-0.2, -0.15) is 0 Å². The van der Waals surface area contributed by atoms with Crippen LogP contribution in [0.3, 0.4) is 0 Å². The SMILES string of the molecule is COc1ccc(CNC(=O)CCC(=O)c2cc(C)sc2C)cc1OC. The van der Waals surface area contributed by atoms with Crippen molar-refractivity contribution in [3.8, 4) is 11.5 Å². The van der Waals surface area contributed by atoms with Crippen LogP contribution in [0.2, 0.25) is 0 Å². The Balaban J connectivity index is 1.84. The highest BCUT2D eigenvalue weighted by Crippen LogP contribution is 2.27. The van der Waals surface area contributed by atoms with E-state index < -0.39 is 0 Å². The van der Waals surface area contributed by atoms with Crippen molar-refractivity contribution in [1.82, 2.24) is 5.32 Å². The second kappa shape index (κ2) is 8.67. The number of ketones is 1. The lowest BCUT2D eigenvalue weighted by molar-refractivity contribution is -0.121. The highest BCUT2D eigenvalue weighted by molar-refractivity contribution is 7.12. The average Bonchev–Trinajstić information content (AvgIpc) is 2.95. The number of ether oxygens (including phenoxy) is 2. The molecule has 2 rings (SSSR count). The summed E-state index contributed by atoms with van der Waals surface area (Å²) in [5.41, 5.74) is 1.64. The van der Waals surface area contributed by atoms with Gasteiger partial charge in [-0.1, -0.05) is 6.07 Å². The Morgan fingerprint density at radius 2 is 1.76 bits per heavy atom. The van der Waals surface area contributed by atoms with E-state index in [-0.39, 0.29) is 24.5 Å². The summed E-state index contributed by atoms with van der Waals surface area (Å²) < 4.78 is 10.4. The Hall–Kier alpha value is -2.34. The normalized spacial score (nSPS) is 10.4. The molecule has 2 aromatic rings. The molecule has 6 heteroatoms. The summed E-state index contributed by atoms with van der Waals surface area (Å²) in [6.07, 6.45) is 0.398.